The van der Waals surface area contributed by atoms with Crippen molar-refractivity contribution in [1.82, 2.24) is 10.2 Å². The molecule has 1 atom stereocenters. The van der Waals surface area contributed by atoms with E-state index < -0.39 is 6.04 Å². The summed E-state index contributed by atoms with van der Waals surface area (Å²) in [4.78, 5) is 27.9. The highest BCUT2D eigenvalue weighted by Crippen LogP contribution is 2.20. The summed E-state index contributed by atoms with van der Waals surface area (Å²) in [6.07, 6.45) is 2.56. The second kappa shape index (κ2) is 13.6. The number of amides is 2. The Morgan fingerprint density at radius 1 is 1.10 bits per heavy atom. The van der Waals surface area contributed by atoms with E-state index in [9.17, 15) is 9.59 Å². The fraction of sp³-hybridized carbons (Fsp3) is 0.440. The van der Waals surface area contributed by atoms with Crippen LogP contribution in [-0.4, -0.2) is 35.1 Å². The molecule has 4 nitrogen and oxygen atoms in total. The molecule has 0 spiro atoms. The van der Waals surface area contributed by atoms with Crippen LogP contribution in [0.5, 0.6) is 0 Å². The van der Waals surface area contributed by atoms with Gasteiger partial charge in [-0.2, -0.15) is 0 Å². The first-order valence-corrected chi connectivity index (χ1v) is 12.8. The van der Waals surface area contributed by atoms with Crippen LogP contribution < -0.4 is 5.32 Å². The van der Waals surface area contributed by atoms with E-state index in [0.717, 1.165) is 34.2 Å². The lowest BCUT2D eigenvalue weighted by Crippen LogP contribution is -2.49. The summed E-state index contributed by atoms with van der Waals surface area (Å²) >= 11 is 5.03. The molecule has 1 unspecified atom stereocenters. The summed E-state index contributed by atoms with van der Waals surface area (Å²) in [5.74, 6) is 1.05. The number of halogens is 1. The molecule has 0 fully saturated rings. The molecule has 1 N–H and O–H groups in total. The molecular weight excluding hydrogens is 472 g/mol. The Labute approximate surface area is 199 Å². The van der Waals surface area contributed by atoms with Gasteiger partial charge >= 0.3 is 0 Å². The fourth-order valence-corrected chi connectivity index (χ4v) is 4.45. The molecule has 2 aromatic carbocycles. The zero-order valence-electron chi connectivity index (χ0n) is 18.7. The Hall–Kier alpha value is -1.79. The van der Waals surface area contributed by atoms with Gasteiger partial charge in [-0.25, -0.2) is 0 Å². The zero-order chi connectivity index (χ0) is 22.6. The maximum atomic E-state index is 13.3. The van der Waals surface area contributed by atoms with Crippen LogP contribution in [0.1, 0.15) is 49.8 Å². The SMILES string of the molecule is CCCCNC(=O)C(CC)N(Cc1ccccc1C)C(=O)CSCc1ccc(Br)cc1. The van der Waals surface area contributed by atoms with E-state index in [1.54, 1.807) is 16.7 Å². The lowest BCUT2D eigenvalue weighted by molar-refractivity contribution is -0.139. The predicted molar refractivity (Wildman–Crippen MR) is 134 cm³/mol. The van der Waals surface area contributed by atoms with Crippen LogP contribution in [-0.2, 0) is 21.9 Å². The molecule has 0 bridgehead atoms. The number of hydrogen-bond acceptors (Lipinski definition) is 3. The second-order valence-electron chi connectivity index (χ2n) is 7.64. The Morgan fingerprint density at radius 2 is 1.81 bits per heavy atom. The second-order valence-corrected chi connectivity index (χ2v) is 9.54. The third-order valence-corrected chi connectivity index (χ3v) is 6.74. The predicted octanol–water partition coefficient (Wildman–Crippen LogP) is 5.71. The van der Waals surface area contributed by atoms with Gasteiger partial charge in [0.15, 0.2) is 0 Å². The van der Waals surface area contributed by atoms with Crippen molar-refractivity contribution in [2.75, 3.05) is 12.3 Å². The molecule has 0 radical (unpaired) electrons. The summed E-state index contributed by atoms with van der Waals surface area (Å²) in [6.45, 7) is 7.21. The molecule has 168 valence electrons. The third kappa shape index (κ3) is 8.34. The average Bonchev–Trinajstić information content (AvgIpc) is 2.76. The van der Waals surface area contributed by atoms with Crippen LogP contribution in [0.2, 0.25) is 0 Å². The van der Waals surface area contributed by atoms with Gasteiger partial charge in [0.25, 0.3) is 0 Å². The number of aryl methyl sites for hydroxylation is 1. The first-order valence-electron chi connectivity index (χ1n) is 10.9. The van der Waals surface area contributed by atoms with Gasteiger partial charge in [0.2, 0.25) is 11.8 Å². The molecule has 0 heterocycles. The fourth-order valence-electron chi connectivity index (χ4n) is 3.32. The summed E-state index contributed by atoms with van der Waals surface area (Å²) in [6, 6.07) is 15.7. The molecule has 2 rings (SSSR count). The molecule has 0 aromatic heterocycles. The Kier molecular flexibility index (Phi) is 11.2. The summed E-state index contributed by atoms with van der Waals surface area (Å²) in [7, 11) is 0. The van der Waals surface area contributed by atoms with Crippen LogP contribution >= 0.6 is 27.7 Å². The molecule has 0 saturated carbocycles. The number of rotatable bonds is 12. The van der Waals surface area contributed by atoms with Crippen molar-refractivity contribution in [1.29, 1.82) is 0 Å². The highest BCUT2D eigenvalue weighted by Gasteiger charge is 2.28. The number of carbonyl (C=O) groups excluding carboxylic acids is 2. The molecule has 2 aromatic rings. The van der Waals surface area contributed by atoms with Crippen molar-refractivity contribution < 1.29 is 9.59 Å². The van der Waals surface area contributed by atoms with Crippen LogP contribution in [0.15, 0.2) is 53.0 Å². The molecule has 0 saturated heterocycles. The van der Waals surface area contributed by atoms with Crippen molar-refractivity contribution in [2.45, 2.75) is 58.4 Å². The third-order valence-electron chi connectivity index (χ3n) is 5.22. The standard InChI is InChI=1S/C25H33BrN2O2S/c1-4-6-15-27-25(30)23(5-2)28(16-21-10-8-7-9-19(21)3)24(29)18-31-17-20-11-13-22(26)14-12-20/h7-14,23H,4-6,15-18H2,1-3H3,(H,27,30). The number of thioether (sulfide) groups is 1. The van der Waals surface area contributed by atoms with Gasteiger partial charge < -0.3 is 10.2 Å². The maximum Gasteiger partial charge on any atom is 0.242 e. The van der Waals surface area contributed by atoms with Crippen LogP contribution in [0.25, 0.3) is 0 Å². The van der Waals surface area contributed by atoms with E-state index in [2.05, 4.69) is 40.3 Å². The van der Waals surface area contributed by atoms with Crippen molar-refractivity contribution in [3.63, 3.8) is 0 Å². The number of carbonyl (C=O) groups is 2. The zero-order valence-corrected chi connectivity index (χ0v) is 21.1. The number of hydrogen-bond donors (Lipinski definition) is 1. The van der Waals surface area contributed by atoms with Crippen molar-refractivity contribution >= 4 is 39.5 Å². The van der Waals surface area contributed by atoms with Crippen LogP contribution in [0.3, 0.4) is 0 Å². The van der Waals surface area contributed by atoms with E-state index in [1.165, 1.54) is 5.56 Å². The number of nitrogens with one attached hydrogen (secondary N) is 1. The minimum atomic E-state index is -0.461. The molecule has 31 heavy (non-hydrogen) atoms. The Bertz CT molecular complexity index is 842. The lowest BCUT2D eigenvalue weighted by atomic mass is 10.1. The maximum absolute atomic E-state index is 13.3. The van der Waals surface area contributed by atoms with E-state index >= 15 is 0 Å². The molecule has 0 aliphatic heterocycles. The minimum Gasteiger partial charge on any atom is -0.354 e. The molecule has 6 heteroatoms. The first kappa shape index (κ1) is 25.5. The molecule has 0 aliphatic rings. The Balaban J connectivity index is 2.10. The summed E-state index contributed by atoms with van der Waals surface area (Å²) in [5, 5.41) is 3.01. The normalized spacial score (nSPS) is 11.7. The number of benzene rings is 2. The van der Waals surface area contributed by atoms with Gasteiger partial charge in [-0.15, -0.1) is 11.8 Å². The summed E-state index contributed by atoms with van der Waals surface area (Å²) < 4.78 is 1.04. The lowest BCUT2D eigenvalue weighted by Gasteiger charge is -2.31. The van der Waals surface area contributed by atoms with E-state index in [1.807, 2.05) is 50.2 Å². The van der Waals surface area contributed by atoms with Gasteiger partial charge in [-0.1, -0.05) is 72.6 Å². The van der Waals surface area contributed by atoms with E-state index in [4.69, 9.17) is 0 Å². The van der Waals surface area contributed by atoms with Crippen LogP contribution in [0, 0.1) is 6.92 Å². The van der Waals surface area contributed by atoms with Gasteiger partial charge in [-0.05, 0) is 48.6 Å². The minimum absolute atomic E-state index is 0.00264. The number of unbranched alkanes of at least 4 members (excludes halogenated alkanes) is 1. The largest absolute Gasteiger partial charge is 0.354 e. The number of nitrogens with zero attached hydrogens (tertiary/aromatic N) is 1. The smallest absolute Gasteiger partial charge is 0.242 e. The van der Waals surface area contributed by atoms with E-state index in [0.29, 0.717) is 25.3 Å². The topological polar surface area (TPSA) is 49.4 Å². The Morgan fingerprint density at radius 3 is 2.45 bits per heavy atom. The summed E-state index contributed by atoms with van der Waals surface area (Å²) in [5.41, 5.74) is 3.38. The monoisotopic (exact) mass is 504 g/mol. The average molecular weight is 506 g/mol. The molecular formula is C25H33BrN2O2S. The van der Waals surface area contributed by atoms with E-state index in [-0.39, 0.29) is 11.8 Å². The van der Waals surface area contributed by atoms with Crippen molar-refractivity contribution in [3.8, 4) is 0 Å². The van der Waals surface area contributed by atoms with Crippen molar-refractivity contribution in [2.24, 2.45) is 0 Å². The van der Waals surface area contributed by atoms with Crippen LogP contribution in [0.4, 0.5) is 0 Å². The molecule has 2 amide bonds. The van der Waals surface area contributed by atoms with Gasteiger partial charge in [-0.3, -0.25) is 9.59 Å². The van der Waals surface area contributed by atoms with Gasteiger partial charge in [0.1, 0.15) is 6.04 Å². The molecule has 0 aliphatic carbocycles. The van der Waals surface area contributed by atoms with Crippen molar-refractivity contribution in [3.05, 3.63) is 69.7 Å². The highest BCUT2D eigenvalue weighted by atomic mass is 79.9. The quantitative estimate of drug-likeness (QED) is 0.376. The highest BCUT2D eigenvalue weighted by molar-refractivity contribution is 9.10. The van der Waals surface area contributed by atoms with Gasteiger partial charge in [0, 0.05) is 23.3 Å². The van der Waals surface area contributed by atoms with Gasteiger partial charge in [0.05, 0.1) is 5.75 Å². The first-order chi connectivity index (χ1) is 15.0.